The minimum absolute atomic E-state index is 0.0463. The molecular formula is C15H15BrN2O3. The van der Waals surface area contributed by atoms with Crippen LogP contribution in [-0.4, -0.2) is 42.3 Å². The summed E-state index contributed by atoms with van der Waals surface area (Å²) in [6.07, 6.45) is 0. The van der Waals surface area contributed by atoms with Crippen LogP contribution in [0.2, 0.25) is 0 Å². The third kappa shape index (κ3) is 2.87. The molecule has 1 saturated heterocycles. The summed E-state index contributed by atoms with van der Waals surface area (Å²) >= 11 is 3.40. The predicted molar refractivity (Wildman–Crippen MR) is 81.1 cm³/mol. The van der Waals surface area contributed by atoms with Gasteiger partial charge in [0.2, 0.25) is 0 Å². The van der Waals surface area contributed by atoms with E-state index < -0.39 is 0 Å². The number of aromatic nitrogens is 1. The number of morpholine rings is 1. The van der Waals surface area contributed by atoms with Gasteiger partial charge >= 0.3 is 0 Å². The van der Waals surface area contributed by atoms with E-state index in [-0.39, 0.29) is 5.91 Å². The van der Waals surface area contributed by atoms with Crippen LogP contribution in [0.15, 0.2) is 33.3 Å². The second-order valence-electron chi connectivity index (χ2n) is 4.88. The van der Waals surface area contributed by atoms with Crippen molar-refractivity contribution in [2.45, 2.75) is 6.92 Å². The van der Waals surface area contributed by atoms with Crippen molar-refractivity contribution >= 4 is 21.8 Å². The highest BCUT2D eigenvalue weighted by Crippen LogP contribution is 2.28. The summed E-state index contributed by atoms with van der Waals surface area (Å²) in [5.74, 6) is 0.478. The van der Waals surface area contributed by atoms with Gasteiger partial charge in [0.25, 0.3) is 5.91 Å². The number of aryl methyl sites for hydroxylation is 1. The first-order valence-electron chi connectivity index (χ1n) is 6.76. The summed E-state index contributed by atoms with van der Waals surface area (Å²) in [5.41, 5.74) is 2.00. The standard InChI is InChI=1S/C15H15BrN2O3/c1-10-13(15(19)18-6-8-20-9-7-18)14(21-17-10)11-2-4-12(16)5-3-11/h2-5H,6-9H2,1H3. The van der Waals surface area contributed by atoms with Crippen LogP contribution in [0.3, 0.4) is 0 Å². The van der Waals surface area contributed by atoms with E-state index in [1.807, 2.05) is 24.3 Å². The molecule has 0 unspecified atom stereocenters. The Morgan fingerprint density at radius 3 is 2.57 bits per heavy atom. The van der Waals surface area contributed by atoms with Gasteiger partial charge in [-0.2, -0.15) is 0 Å². The zero-order valence-corrected chi connectivity index (χ0v) is 13.2. The molecule has 3 rings (SSSR count). The first-order chi connectivity index (χ1) is 10.2. The van der Waals surface area contributed by atoms with E-state index in [0.29, 0.717) is 43.3 Å². The summed E-state index contributed by atoms with van der Waals surface area (Å²) in [6, 6.07) is 7.63. The van der Waals surface area contributed by atoms with Crippen LogP contribution in [0.4, 0.5) is 0 Å². The lowest BCUT2D eigenvalue weighted by Gasteiger charge is -2.26. The number of hydrogen-bond donors (Lipinski definition) is 0. The Hall–Kier alpha value is -1.66. The van der Waals surface area contributed by atoms with Crippen molar-refractivity contribution in [3.63, 3.8) is 0 Å². The SMILES string of the molecule is Cc1noc(-c2ccc(Br)cc2)c1C(=O)N1CCOCC1. The van der Waals surface area contributed by atoms with Gasteiger partial charge in [0.15, 0.2) is 5.76 Å². The number of ether oxygens (including phenoxy) is 1. The highest BCUT2D eigenvalue weighted by atomic mass is 79.9. The fraction of sp³-hybridized carbons (Fsp3) is 0.333. The predicted octanol–water partition coefficient (Wildman–Crippen LogP) is 2.88. The molecule has 1 amide bonds. The molecule has 0 N–H and O–H groups in total. The fourth-order valence-corrected chi connectivity index (χ4v) is 2.61. The number of hydrogen-bond acceptors (Lipinski definition) is 4. The van der Waals surface area contributed by atoms with Crippen LogP contribution in [0.5, 0.6) is 0 Å². The van der Waals surface area contributed by atoms with Gasteiger partial charge in [-0.25, -0.2) is 0 Å². The largest absolute Gasteiger partial charge is 0.378 e. The van der Waals surface area contributed by atoms with Crippen molar-refractivity contribution in [1.29, 1.82) is 0 Å². The zero-order chi connectivity index (χ0) is 14.8. The molecule has 1 fully saturated rings. The lowest BCUT2D eigenvalue weighted by molar-refractivity contribution is 0.0302. The van der Waals surface area contributed by atoms with E-state index in [0.717, 1.165) is 10.0 Å². The molecule has 1 aliphatic heterocycles. The molecule has 21 heavy (non-hydrogen) atoms. The maximum atomic E-state index is 12.7. The maximum absolute atomic E-state index is 12.7. The Labute approximate surface area is 131 Å². The van der Waals surface area contributed by atoms with Gasteiger partial charge in [-0.3, -0.25) is 4.79 Å². The van der Waals surface area contributed by atoms with Gasteiger partial charge in [0.05, 0.1) is 18.9 Å². The van der Waals surface area contributed by atoms with Gasteiger partial charge < -0.3 is 14.2 Å². The second-order valence-corrected chi connectivity index (χ2v) is 5.80. The van der Waals surface area contributed by atoms with E-state index in [1.54, 1.807) is 11.8 Å². The number of halogens is 1. The minimum atomic E-state index is -0.0463. The summed E-state index contributed by atoms with van der Waals surface area (Å²) < 4.78 is 11.7. The number of amides is 1. The second kappa shape index (κ2) is 5.99. The van der Waals surface area contributed by atoms with E-state index in [4.69, 9.17) is 9.26 Å². The van der Waals surface area contributed by atoms with Crippen molar-refractivity contribution in [2.75, 3.05) is 26.3 Å². The molecule has 0 aliphatic carbocycles. The van der Waals surface area contributed by atoms with Gasteiger partial charge in [0.1, 0.15) is 5.56 Å². The van der Waals surface area contributed by atoms with Crippen molar-refractivity contribution in [2.24, 2.45) is 0 Å². The summed E-state index contributed by atoms with van der Waals surface area (Å²) in [6.45, 7) is 4.14. The Morgan fingerprint density at radius 1 is 1.24 bits per heavy atom. The monoisotopic (exact) mass is 350 g/mol. The normalized spacial score (nSPS) is 15.2. The first kappa shape index (κ1) is 14.3. The van der Waals surface area contributed by atoms with Crippen LogP contribution >= 0.6 is 15.9 Å². The molecule has 6 heteroatoms. The number of carbonyl (C=O) groups excluding carboxylic acids is 1. The molecule has 0 atom stereocenters. The van der Waals surface area contributed by atoms with Crippen LogP contribution in [-0.2, 0) is 4.74 Å². The Morgan fingerprint density at radius 2 is 1.90 bits per heavy atom. The van der Waals surface area contributed by atoms with Gasteiger partial charge in [-0.15, -0.1) is 0 Å². The van der Waals surface area contributed by atoms with E-state index in [2.05, 4.69) is 21.1 Å². The topological polar surface area (TPSA) is 55.6 Å². The summed E-state index contributed by atoms with van der Waals surface area (Å²) in [7, 11) is 0. The Bertz CT molecular complexity index is 645. The van der Waals surface area contributed by atoms with Crippen molar-refractivity contribution in [3.8, 4) is 11.3 Å². The van der Waals surface area contributed by atoms with Crippen LogP contribution in [0.25, 0.3) is 11.3 Å². The molecule has 1 aliphatic rings. The fourth-order valence-electron chi connectivity index (χ4n) is 2.34. The van der Waals surface area contributed by atoms with Crippen molar-refractivity contribution in [1.82, 2.24) is 10.1 Å². The van der Waals surface area contributed by atoms with Gasteiger partial charge in [0, 0.05) is 23.1 Å². The highest BCUT2D eigenvalue weighted by molar-refractivity contribution is 9.10. The molecule has 0 saturated carbocycles. The minimum Gasteiger partial charge on any atom is -0.378 e. The van der Waals surface area contributed by atoms with E-state index in [9.17, 15) is 4.79 Å². The van der Waals surface area contributed by atoms with Gasteiger partial charge in [-0.05, 0) is 31.2 Å². The average molecular weight is 351 g/mol. The molecule has 2 aromatic rings. The molecule has 1 aromatic carbocycles. The third-order valence-electron chi connectivity index (χ3n) is 3.48. The summed E-state index contributed by atoms with van der Waals surface area (Å²) in [5, 5.41) is 3.97. The van der Waals surface area contributed by atoms with Crippen molar-refractivity contribution < 1.29 is 14.1 Å². The molecule has 0 spiro atoms. The maximum Gasteiger partial charge on any atom is 0.259 e. The van der Waals surface area contributed by atoms with E-state index >= 15 is 0 Å². The Balaban J connectivity index is 1.96. The number of carbonyl (C=O) groups is 1. The van der Waals surface area contributed by atoms with Crippen LogP contribution in [0, 0.1) is 6.92 Å². The quantitative estimate of drug-likeness (QED) is 0.835. The Kier molecular flexibility index (Phi) is 4.07. The van der Waals surface area contributed by atoms with Crippen LogP contribution in [0.1, 0.15) is 16.1 Å². The molecule has 0 bridgehead atoms. The number of nitrogens with zero attached hydrogens (tertiary/aromatic N) is 2. The molecule has 1 aromatic heterocycles. The summed E-state index contributed by atoms with van der Waals surface area (Å²) in [4.78, 5) is 14.5. The van der Waals surface area contributed by atoms with Crippen LogP contribution < -0.4 is 0 Å². The molecule has 0 radical (unpaired) electrons. The van der Waals surface area contributed by atoms with Crippen molar-refractivity contribution in [3.05, 3.63) is 40.0 Å². The lowest BCUT2D eigenvalue weighted by atomic mass is 10.1. The lowest BCUT2D eigenvalue weighted by Crippen LogP contribution is -2.41. The first-order valence-corrected chi connectivity index (χ1v) is 7.55. The number of benzene rings is 1. The molecule has 5 nitrogen and oxygen atoms in total. The smallest absolute Gasteiger partial charge is 0.259 e. The zero-order valence-electron chi connectivity index (χ0n) is 11.6. The molecule has 2 heterocycles. The highest BCUT2D eigenvalue weighted by Gasteiger charge is 2.27. The van der Waals surface area contributed by atoms with Gasteiger partial charge in [-0.1, -0.05) is 21.1 Å². The molecular weight excluding hydrogens is 336 g/mol. The number of rotatable bonds is 2. The average Bonchev–Trinajstić information content (AvgIpc) is 2.90. The van der Waals surface area contributed by atoms with E-state index in [1.165, 1.54) is 0 Å². The molecule has 110 valence electrons. The third-order valence-corrected chi connectivity index (χ3v) is 4.01.